The topological polar surface area (TPSA) is 85.3 Å². The molecule has 1 heterocycles. The van der Waals surface area contributed by atoms with E-state index in [1.807, 2.05) is 42.5 Å². The number of amides is 1. The van der Waals surface area contributed by atoms with Gasteiger partial charge in [0, 0.05) is 6.54 Å². The van der Waals surface area contributed by atoms with E-state index >= 15 is 0 Å². The molecule has 0 aromatic heterocycles. The Morgan fingerprint density at radius 3 is 2.17 bits per heavy atom. The SMILES string of the molecule is COc1ccc(CCN2C(=O)C(=O)/C(=C(/O)c3ccccc3OC)C2c2ccccc2)cc1OC. The van der Waals surface area contributed by atoms with Crippen LogP contribution in [-0.2, 0) is 16.0 Å². The van der Waals surface area contributed by atoms with Crippen LogP contribution in [0.3, 0.4) is 0 Å². The van der Waals surface area contributed by atoms with Crippen molar-refractivity contribution in [1.82, 2.24) is 4.90 Å². The zero-order valence-corrected chi connectivity index (χ0v) is 19.9. The van der Waals surface area contributed by atoms with Crippen molar-refractivity contribution in [3.63, 3.8) is 0 Å². The molecule has 1 aliphatic heterocycles. The number of ketones is 1. The summed E-state index contributed by atoms with van der Waals surface area (Å²) in [7, 11) is 4.62. The highest BCUT2D eigenvalue weighted by atomic mass is 16.5. The number of carbonyl (C=O) groups is 2. The minimum absolute atomic E-state index is 0.0398. The molecule has 0 aliphatic carbocycles. The second-order valence-corrected chi connectivity index (χ2v) is 8.04. The van der Waals surface area contributed by atoms with Crippen molar-refractivity contribution in [2.24, 2.45) is 0 Å². The van der Waals surface area contributed by atoms with Gasteiger partial charge in [-0.1, -0.05) is 48.5 Å². The first-order chi connectivity index (χ1) is 17.0. The highest BCUT2D eigenvalue weighted by Gasteiger charge is 2.46. The molecule has 0 radical (unpaired) electrons. The molecule has 1 saturated heterocycles. The van der Waals surface area contributed by atoms with Crippen LogP contribution in [0.1, 0.15) is 22.7 Å². The molecule has 1 fully saturated rings. The van der Waals surface area contributed by atoms with E-state index in [9.17, 15) is 14.7 Å². The smallest absolute Gasteiger partial charge is 0.295 e. The molecule has 1 aliphatic rings. The largest absolute Gasteiger partial charge is 0.507 e. The number of aliphatic hydroxyl groups excluding tert-OH is 1. The van der Waals surface area contributed by atoms with E-state index in [4.69, 9.17) is 14.2 Å². The van der Waals surface area contributed by atoms with E-state index in [-0.39, 0.29) is 17.9 Å². The Bertz CT molecular complexity index is 1270. The summed E-state index contributed by atoms with van der Waals surface area (Å²) in [4.78, 5) is 27.9. The number of benzene rings is 3. The van der Waals surface area contributed by atoms with Crippen LogP contribution in [0.15, 0.2) is 78.4 Å². The third kappa shape index (κ3) is 4.57. The lowest BCUT2D eigenvalue weighted by Crippen LogP contribution is -2.31. The second kappa shape index (κ2) is 10.3. The van der Waals surface area contributed by atoms with Gasteiger partial charge in [0.1, 0.15) is 11.5 Å². The zero-order chi connectivity index (χ0) is 24.9. The third-order valence-electron chi connectivity index (χ3n) is 6.11. The van der Waals surface area contributed by atoms with Crippen LogP contribution in [0.2, 0.25) is 0 Å². The van der Waals surface area contributed by atoms with E-state index in [1.54, 1.807) is 44.6 Å². The number of para-hydroxylation sites is 1. The van der Waals surface area contributed by atoms with Crippen molar-refractivity contribution >= 4 is 17.4 Å². The maximum Gasteiger partial charge on any atom is 0.295 e. The lowest BCUT2D eigenvalue weighted by molar-refractivity contribution is -0.139. The summed E-state index contributed by atoms with van der Waals surface area (Å²) in [6.07, 6.45) is 0.478. The number of aliphatic hydroxyl groups is 1. The van der Waals surface area contributed by atoms with E-state index < -0.39 is 17.7 Å². The number of methoxy groups -OCH3 is 3. The molecule has 0 saturated carbocycles. The Hall–Kier alpha value is -4.26. The Morgan fingerprint density at radius 1 is 0.829 bits per heavy atom. The molecule has 7 nitrogen and oxygen atoms in total. The normalized spacial score (nSPS) is 16.9. The third-order valence-corrected chi connectivity index (χ3v) is 6.11. The van der Waals surface area contributed by atoms with E-state index in [1.165, 1.54) is 12.0 Å². The molecule has 0 spiro atoms. The summed E-state index contributed by atoms with van der Waals surface area (Å²) in [5.74, 6) is -0.0393. The maximum atomic E-state index is 13.2. The van der Waals surface area contributed by atoms with Crippen molar-refractivity contribution in [3.8, 4) is 17.2 Å². The standard InChI is InChI=1S/C28H27NO6/c1-33-21-12-8-7-11-20(21)26(30)24-25(19-9-5-4-6-10-19)29(28(32)27(24)31)16-15-18-13-14-22(34-2)23(17-18)35-3/h4-14,17,25,30H,15-16H2,1-3H3/b26-24+. The number of Topliss-reactive ketones (excluding diaryl/α,β-unsaturated/α-hetero) is 1. The molecular weight excluding hydrogens is 446 g/mol. The number of carbonyl (C=O) groups excluding carboxylic acids is 2. The van der Waals surface area contributed by atoms with Crippen LogP contribution in [0, 0.1) is 0 Å². The molecular formula is C28H27NO6. The fraction of sp³-hybridized carbons (Fsp3) is 0.214. The molecule has 1 atom stereocenters. The van der Waals surface area contributed by atoms with Gasteiger partial charge in [0.2, 0.25) is 0 Å². The van der Waals surface area contributed by atoms with Crippen LogP contribution in [0.25, 0.3) is 5.76 Å². The molecule has 35 heavy (non-hydrogen) atoms. The highest BCUT2D eigenvalue weighted by molar-refractivity contribution is 6.46. The molecule has 3 aromatic rings. The van der Waals surface area contributed by atoms with E-state index in [0.29, 0.717) is 29.2 Å². The summed E-state index contributed by atoms with van der Waals surface area (Å²) in [5, 5.41) is 11.3. The lowest BCUT2D eigenvalue weighted by Gasteiger charge is -2.25. The van der Waals surface area contributed by atoms with Crippen molar-refractivity contribution in [3.05, 3.63) is 95.1 Å². The quantitative estimate of drug-likeness (QED) is 0.297. The Labute approximate surface area is 204 Å². The van der Waals surface area contributed by atoms with Crippen LogP contribution in [0.4, 0.5) is 0 Å². The van der Waals surface area contributed by atoms with Gasteiger partial charge in [0.15, 0.2) is 11.5 Å². The summed E-state index contributed by atoms with van der Waals surface area (Å²) < 4.78 is 16.1. The number of likely N-dealkylation sites (tertiary alicyclic amines) is 1. The van der Waals surface area contributed by atoms with E-state index in [2.05, 4.69) is 0 Å². The average molecular weight is 474 g/mol. The Morgan fingerprint density at radius 2 is 1.49 bits per heavy atom. The first-order valence-electron chi connectivity index (χ1n) is 11.2. The zero-order valence-electron chi connectivity index (χ0n) is 19.9. The molecule has 3 aromatic carbocycles. The van der Waals surface area contributed by atoms with Gasteiger partial charge in [-0.25, -0.2) is 0 Å². The van der Waals surface area contributed by atoms with Crippen molar-refractivity contribution in [2.45, 2.75) is 12.5 Å². The van der Waals surface area contributed by atoms with Crippen LogP contribution in [0.5, 0.6) is 17.2 Å². The van der Waals surface area contributed by atoms with Gasteiger partial charge < -0.3 is 24.2 Å². The Kier molecular flexibility index (Phi) is 7.06. The van der Waals surface area contributed by atoms with Crippen molar-refractivity contribution in [1.29, 1.82) is 0 Å². The van der Waals surface area contributed by atoms with Crippen molar-refractivity contribution in [2.75, 3.05) is 27.9 Å². The molecule has 1 N–H and O–H groups in total. The van der Waals surface area contributed by atoms with E-state index in [0.717, 1.165) is 11.1 Å². The molecule has 1 amide bonds. The van der Waals surface area contributed by atoms with Crippen LogP contribution >= 0.6 is 0 Å². The van der Waals surface area contributed by atoms with Crippen LogP contribution in [-0.4, -0.2) is 49.6 Å². The predicted octanol–water partition coefficient (Wildman–Crippen LogP) is 4.38. The van der Waals surface area contributed by atoms with Gasteiger partial charge in [-0.15, -0.1) is 0 Å². The summed E-state index contributed by atoms with van der Waals surface area (Å²) in [6.45, 7) is 0.266. The fourth-order valence-electron chi connectivity index (χ4n) is 4.36. The van der Waals surface area contributed by atoms with Gasteiger partial charge >= 0.3 is 0 Å². The van der Waals surface area contributed by atoms with Gasteiger partial charge in [-0.2, -0.15) is 0 Å². The number of nitrogens with zero attached hydrogens (tertiary/aromatic N) is 1. The minimum atomic E-state index is -0.735. The average Bonchev–Trinajstić information content (AvgIpc) is 3.16. The number of hydrogen-bond donors (Lipinski definition) is 1. The van der Waals surface area contributed by atoms with Gasteiger partial charge in [0.25, 0.3) is 11.7 Å². The minimum Gasteiger partial charge on any atom is -0.507 e. The van der Waals surface area contributed by atoms with Gasteiger partial charge in [-0.3, -0.25) is 9.59 Å². The summed E-state index contributed by atoms with van der Waals surface area (Å²) in [6, 6.07) is 20.9. The highest BCUT2D eigenvalue weighted by Crippen LogP contribution is 2.41. The Balaban J connectivity index is 1.75. The summed E-state index contributed by atoms with van der Waals surface area (Å²) >= 11 is 0. The van der Waals surface area contributed by atoms with Crippen LogP contribution < -0.4 is 14.2 Å². The molecule has 1 unspecified atom stereocenters. The second-order valence-electron chi connectivity index (χ2n) is 8.04. The molecule has 7 heteroatoms. The lowest BCUT2D eigenvalue weighted by atomic mass is 9.95. The first-order valence-corrected chi connectivity index (χ1v) is 11.2. The number of hydrogen-bond acceptors (Lipinski definition) is 6. The van der Waals surface area contributed by atoms with Gasteiger partial charge in [-0.05, 0) is 41.8 Å². The van der Waals surface area contributed by atoms with Gasteiger partial charge in [0.05, 0.1) is 38.5 Å². The number of rotatable bonds is 8. The maximum absolute atomic E-state index is 13.2. The first kappa shape index (κ1) is 23.9. The fourth-order valence-corrected chi connectivity index (χ4v) is 4.36. The molecule has 4 rings (SSSR count). The van der Waals surface area contributed by atoms with Crippen molar-refractivity contribution < 1.29 is 28.9 Å². The monoisotopic (exact) mass is 473 g/mol. The predicted molar refractivity (Wildman–Crippen MR) is 132 cm³/mol. The summed E-state index contributed by atoms with van der Waals surface area (Å²) in [5.41, 5.74) is 2.04. The number of ether oxygens (including phenoxy) is 3. The molecule has 0 bridgehead atoms. The molecule has 180 valence electrons.